The molecule has 0 aromatic heterocycles. The van der Waals surface area contributed by atoms with Crippen molar-refractivity contribution in [3.63, 3.8) is 0 Å². The van der Waals surface area contributed by atoms with E-state index in [9.17, 15) is 4.79 Å². The summed E-state index contributed by atoms with van der Waals surface area (Å²) in [6.45, 7) is 7.95. The second kappa shape index (κ2) is 7.69. The quantitative estimate of drug-likeness (QED) is 0.588. The SMILES string of the molecule is C=CCNC(C)(C(=O)OCC)c1cc(OC)ccc1OC. The van der Waals surface area contributed by atoms with Crippen molar-refractivity contribution in [1.82, 2.24) is 5.32 Å². The number of methoxy groups -OCH3 is 2. The fraction of sp³-hybridized carbons (Fsp3) is 0.438. The van der Waals surface area contributed by atoms with Crippen LogP contribution in [0.5, 0.6) is 11.5 Å². The first-order valence-electron chi connectivity index (χ1n) is 6.79. The highest BCUT2D eigenvalue weighted by Crippen LogP contribution is 2.34. The smallest absolute Gasteiger partial charge is 0.330 e. The molecule has 0 aliphatic rings. The third-order valence-electron chi connectivity index (χ3n) is 3.23. The first-order chi connectivity index (χ1) is 10.0. The second-order valence-electron chi connectivity index (χ2n) is 4.58. The van der Waals surface area contributed by atoms with E-state index in [1.807, 2.05) is 0 Å². The van der Waals surface area contributed by atoms with E-state index in [4.69, 9.17) is 14.2 Å². The fourth-order valence-corrected chi connectivity index (χ4v) is 2.03. The molecule has 1 unspecified atom stereocenters. The van der Waals surface area contributed by atoms with Crippen LogP contribution in [0, 0.1) is 0 Å². The first kappa shape index (κ1) is 17.0. The molecule has 0 saturated carbocycles. The topological polar surface area (TPSA) is 56.8 Å². The van der Waals surface area contributed by atoms with Crippen LogP contribution in [-0.4, -0.2) is 33.3 Å². The average molecular weight is 293 g/mol. The molecular formula is C16H23NO4. The molecule has 0 spiro atoms. The van der Waals surface area contributed by atoms with E-state index in [-0.39, 0.29) is 5.97 Å². The van der Waals surface area contributed by atoms with Crippen LogP contribution in [0.4, 0.5) is 0 Å². The van der Waals surface area contributed by atoms with E-state index >= 15 is 0 Å². The molecule has 0 aliphatic heterocycles. The minimum absolute atomic E-state index is 0.302. The molecule has 0 amide bonds. The van der Waals surface area contributed by atoms with Crippen LogP contribution < -0.4 is 14.8 Å². The Balaban J connectivity index is 3.35. The Hall–Kier alpha value is -2.01. The van der Waals surface area contributed by atoms with Crippen LogP contribution in [0.1, 0.15) is 19.4 Å². The largest absolute Gasteiger partial charge is 0.497 e. The zero-order chi connectivity index (χ0) is 15.9. The maximum atomic E-state index is 12.4. The number of esters is 1. The lowest BCUT2D eigenvalue weighted by Gasteiger charge is -2.30. The van der Waals surface area contributed by atoms with Gasteiger partial charge in [0.25, 0.3) is 0 Å². The molecule has 21 heavy (non-hydrogen) atoms. The van der Waals surface area contributed by atoms with E-state index in [0.717, 1.165) is 0 Å². The number of carbonyl (C=O) groups is 1. The Bertz CT molecular complexity index is 501. The van der Waals surface area contributed by atoms with E-state index in [2.05, 4.69) is 11.9 Å². The molecule has 1 aromatic carbocycles. The maximum absolute atomic E-state index is 12.4. The van der Waals surface area contributed by atoms with Crippen LogP contribution in [0.2, 0.25) is 0 Å². The monoisotopic (exact) mass is 293 g/mol. The highest BCUT2D eigenvalue weighted by atomic mass is 16.5. The molecule has 0 radical (unpaired) electrons. The number of ether oxygens (including phenoxy) is 3. The third kappa shape index (κ3) is 3.76. The Morgan fingerprint density at radius 2 is 2.10 bits per heavy atom. The highest BCUT2D eigenvalue weighted by molar-refractivity contribution is 5.83. The van der Waals surface area contributed by atoms with E-state index < -0.39 is 5.54 Å². The van der Waals surface area contributed by atoms with Gasteiger partial charge in [-0.15, -0.1) is 6.58 Å². The summed E-state index contributed by atoms with van der Waals surface area (Å²) in [5.74, 6) is 0.850. The predicted octanol–water partition coefficient (Wildman–Crippen LogP) is 2.26. The van der Waals surface area contributed by atoms with E-state index in [1.54, 1.807) is 52.3 Å². The summed E-state index contributed by atoms with van der Waals surface area (Å²) >= 11 is 0. The molecule has 5 nitrogen and oxygen atoms in total. The normalized spacial score (nSPS) is 13.1. The Morgan fingerprint density at radius 3 is 2.62 bits per heavy atom. The van der Waals surface area contributed by atoms with Gasteiger partial charge in [-0.2, -0.15) is 0 Å². The standard InChI is InChI=1S/C16H23NO4/c1-6-10-17-16(3,15(18)21-7-2)13-11-12(19-4)8-9-14(13)20-5/h6,8-9,11,17H,1,7,10H2,2-5H3. The van der Waals surface area contributed by atoms with Gasteiger partial charge in [-0.25, -0.2) is 4.79 Å². The molecule has 1 atom stereocenters. The van der Waals surface area contributed by atoms with Gasteiger partial charge in [-0.05, 0) is 32.0 Å². The Labute approximate surface area is 125 Å². The molecule has 5 heteroatoms. The van der Waals surface area contributed by atoms with Crippen molar-refractivity contribution in [3.05, 3.63) is 36.4 Å². The van der Waals surface area contributed by atoms with E-state index in [1.165, 1.54) is 0 Å². The summed E-state index contributed by atoms with van der Waals surface area (Å²) in [4.78, 5) is 12.4. The first-order valence-corrected chi connectivity index (χ1v) is 6.79. The van der Waals surface area contributed by atoms with Crippen LogP contribution in [0.3, 0.4) is 0 Å². The molecule has 1 rings (SSSR count). The van der Waals surface area contributed by atoms with Gasteiger partial charge in [0, 0.05) is 12.1 Å². The number of rotatable bonds is 8. The molecule has 1 N–H and O–H groups in total. The minimum atomic E-state index is -1.05. The van der Waals surface area contributed by atoms with Crippen molar-refractivity contribution in [2.24, 2.45) is 0 Å². The number of hydrogen-bond donors (Lipinski definition) is 1. The summed E-state index contributed by atoms with van der Waals surface area (Å²) in [6.07, 6.45) is 1.68. The minimum Gasteiger partial charge on any atom is -0.497 e. The molecule has 0 heterocycles. The summed E-state index contributed by atoms with van der Waals surface area (Å²) < 4.78 is 15.8. The van der Waals surface area contributed by atoms with Gasteiger partial charge >= 0.3 is 5.97 Å². The fourth-order valence-electron chi connectivity index (χ4n) is 2.03. The molecular weight excluding hydrogens is 270 g/mol. The van der Waals surface area contributed by atoms with Gasteiger partial charge < -0.3 is 14.2 Å². The average Bonchev–Trinajstić information content (AvgIpc) is 2.52. The zero-order valence-corrected chi connectivity index (χ0v) is 13.1. The number of carbonyl (C=O) groups excluding carboxylic acids is 1. The van der Waals surface area contributed by atoms with Gasteiger partial charge in [-0.3, -0.25) is 5.32 Å². The number of nitrogens with one attached hydrogen (secondary N) is 1. The molecule has 116 valence electrons. The van der Waals surface area contributed by atoms with Gasteiger partial charge in [0.1, 0.15) is 17.0 Å². The van der Waals surface area contributed by atoms with Crippen LogP contribution in [-0.2, 0) is 15.1 Å². The van der Waals surface area contributed by atoms with Gasteiger partial charge in [0.05, 0.1) is 20.8 Å². The lowest BCUT2D eigenvalue weighted by molar-refractivity contribution is -0.151. The summed E-state index contributed by atoms with van der Waals surface area (Å²) in [6, 6.07) is 5.31. The Kier molecular flexibility index (Phi) is 6.24. The van der Waals surface area contributed by atoms with Crippen LogP contribution in [0.15, 0.2) is 30.9 Å². The Morgan fingerprint density at radius 1 is 1.38 bits per heavy atom. The lowest BCUT2D eigenvalue weighted by Crippen LogP contribution is -2.48. The van der Waals surface area contributed by atoms with Crippen molar-refractivity contribution in [1.29, 1.82) is 0 Å². The predicted molar refractivity (Wildman–Crippen MR) is 81.7 cm³/mol. The summed E-state index contributed by atoms with van der Waals surface area (Å²) in [7, 11) is 3.13. The summed E-state index contributed by atoms with van der Waals surface area (Å²) in [5, 5.41) is 3.14. The van der Waals surface area contributed by atoms with Crippen LogP contribution in [0.25, 0.3) is 0 Å². The third-order valence-corrected chi connectivity index (χ3v) is 3.23. The molecule has 0 fully saturated rings. The van der Waals surface area contributed by atoms with Crippen molar-refractivity contribution < 1.29 is 19.0 Å². The maximum Gasteiger partial charge on any atom is 0.330 e. The number of hydrogen-bond acceptors (Lipinski definition) is 5. The lowest BCUT2D eigenvalue weighted by atomic mass is 9.90. The van der Waals surface area contributed by atoms with Gasteiger partial charge in [0.2, 0.25) is 0 Å². The highest BCUT2D eigenvalue weighted by Gasteiger charge is 2.38. The van der Waals surface area contributed by atoms with Gasteiger partial charge in [0.15, 0.2) is 0 Å². The summed E-state index contributed by atoms with van der Waals surface area (Å²) in [5.41, 5.74) is -0.394. The van der Waals surface area contributed by atoms with Crippen molar-refractivity contribution in [2.75, 3.05) is 27.4 Å². The van der Waals surface area contributed by atoms with Crippen molar-refractivity contribution in [3.8, 4) is 11.5 Å². The van der Waals surface area contributed by atoms with Crippen molar-refractivity contribution in [2.45, 2.75) is 19.4 Å². The van der Waals surface area contributed by atoms with Gasteiger partial charge in [-0.1, -0.05) is 6.08 Å². The van der Waals surface area contributed by atoms with E-state index in [0.29, 0.717) is 30.2 Å². The molecule has 0 saturated heterocycles. The zero-order valence-electron chi connectivity index (χ0n) is 13.1. The second-order valence-corrected chi connectivity index (χ2v) is 4.58. The van der Waals surface area contributed by atoms with Crippen molar-refractivity contribution >= 4 is 5.97 Å². The number of benzene rings is 1. The molecule has 0 aliphatic carbocycles. The molecule has 0 bridgehead atoms. The van der Waals surface area contributed by atoms with Crippen LogP contribution >= 0.6 is 0 Å². The molecule has 1 aromatic rings.